The van der Waals surface area contributed by atoms with E-state index in [0.717, 1.165) is 0 Å². The van der Waals surface area contributed by atoms with Crippen LogP contribution in [-0.2, 0) is 9.53 Å². The number of carbonyl (C=O) groups is 1. The summed E-state index contributed by atoms with van der Waals surface area (Å²) in [4.78, 5) is 10.4. The van der Waals surface area contributed by atoms with Gasteiger partial charge in [0, 0.05) is 11.9 Å². The van der Waals surface area contributed by atoms with E-state index in [1.807, 2.05) is 0 Å². The molecule has 1 fully saturated rings. The highest BCUT2D eigenvalue weighted by Crippen LogP contribution is 2.01. The second-order valence-corrected chi connectivity index (χ2v) is 2.02. The maximum absolute atomic E-state index is 10.4. The zero-order valence-electron chi connectivity index (χ0n) is 4.89. The molecule has 0 atom stereocenters. The molecule has 0 bridgehead atoms. The van der Waals surface area contributed by atoms with Crippen molar-refractivity contribution in [3.05, 3.63) is 0 Å². The maximum Gasteiger partial charge on any atom is 0.245 e. The molecule has 1 saturated heterocycles. The van der Waals surface area contributed by atoms with Crippen LogP contribution in [-0.4, -0.2) is 40.2 Å². The number of carbonyl (C=O) groups excluding carboxylic acids is 1. The molecule has 0 aromatic carbocycles. The highest BCUT2D eigenvalue weighted by atomic mass is 16.5. The fourth-order valence-electron chi connectivity index (χ4n) is 0.539. The molecule has 0 spiro atoms. The minimum absolute atomic E-state index is 0.0486. The van der Waals surface area contributed by atoms with Crippen molar-refractivity contribution in [2.75, 3.05) is 13.2 Å². The Labute approximate surface area is 56.0 Å². The third kappa shape index (κ3) is 1.75. The van der Waals surface area contributed by atoms with Gasteiger partial charge < -0.3 is 10.1 Å². The van der Waals surface area contributed by atoms with Crippen LogP contribution in [0.2, 0.25) is 0 Å². The molecule has 9 heavy (non-hydrogen) atoms. The van der Waals surface area contributed by atoms with Crippen molar-refractivity contribution in [1.29, 1.82) is 0 Å². The van der Waals surface area contributed by atoms with Gasteiger partial charge in [0.05, 0.1) is 0 Å². The number of nitrogens with one attached hydrogen (secondary N) is 1. The third-order valence-corrected chi connectivity index (χ3v) is 1.03. The van der Waals surface area contributed by atoms with E-state index in [0.29, 0.717) is 0 Å². The van der Waals surface area contributed by atoms with E-state index in [1.54, 1.807) is 0 Å². The predicted molar refractivity (Wildman–Crippen MR) is 33.2 cm³/mol. The van der Waals surface area contributed by atoms with Crippen molar-refractivity contribution in [3.63, 3.8) is 0 Å². The summed E-state index contributed by atoms with van der Waals surface area (Å²) >= 11 is 0. The largest absolute Gasteiger partial charge is 0.383 e. The van der Waals surface area contributed by atoms with Crippen LogP contribution in [0.3, 0.4) is 0 Å². The minimum Gasteiger partial charge on any atom is -0.383 e. The molecule has 3 nitrogen and oxygen atoms in total. The van der Waals surface area contributed by atoms with E-state index >= 15 is 0 Å². The standard InChI is InChI=1S/C4H5B2NO2/c5-4(6)2-7-3(8)1-9-4/h1-2H2,(H,7,8). The maximum atomic E-state index is 10.4. The zero-order valence-corrected chi connectivity index (χ0v) is 4.89. The Hall–Kier alpha value is -0.440. The number of hydrogen-bond acceptors (Lipinski definition) is 2. The van der Waals surface area contributed by atoms with Crippen LogP contribution in [0, 0.1) is 0 Å². The summed E-state index contributed by atoms with van der Waals surface area (Å²) < 4.78 is 4.72. The highest BCUT2D eigenvalue weighted by Gasteiger charge is 2.23. The van der Waals surface area contributed by atoms with Crippen LogP contribution >= 0.6 is 0 Å². The summed E-state index contributed by atoms with van der Waals surface area (Å²) in [6, 6.07) is 0. The van der Waals surface area contributed by atoms with E-state index in [1.165, 1.54) is 0 Å². The first kappa shape index (κ1) is 6.68. The van der Waals surface area contributed by atoms with E-state index in [4.69, 9.17) is 20.4 Å². The van der Waals surface area contributed by atoms with E-state index in [9.17, 15) is 4.79 Å². The van der Waals surface area contributed by atoms with Gasteiger partial charge in [-0.1, -0.05) is 0 Å². The molecule has 1 heterocycles. The Kier molecular flexibility index (Phi) is 1.53. The second-order valence-electron chi connectivity index (χ2n) is 2.02. The van der Waals surface area contributed by atoms with Crippen molar-refractivity contribution in [2.45, 2.75) is 5.40 Å². The molecular weight excluding hydrogens is 116 g/mol. The first-order chi connectivity index (χ1) is 4.10. The van der Waals surface area contributed by atoms with Gasteiger partial charge in [-0.15, -0.1) is 0 Å². The van der Waals surface area contributed by atoms with E-state index < -0.39 is 5.40 Å². The number of morpholine rings is 1. The second kappa shape index (κ2) is 2.06. The van der Waals surface area contributed by atoms with Crippen molar-refractivity contribution >= 4 is 21.6 Å². The summed E-state index contributed by atoms with van der Waals surface area (Å²) in [6.07, 6.45) is 0. The van der Waals surface area contributed by atoms with Crippen molar-refractivity contribution in [3.8, 4) is 0 Å². The molecule has 0 aliphatic carbocycles. The van der Waals surface area contributed by atoms with Gasteiger partial charge >= 0.3 is 0 Å². The molecule has 5 heteroatoms. The van der Waals surface area contributed by atoms with Gasteiger partial charge in [0.25, 0.3) is 0 Å². The fourth-order valence-corrected chi connectivity index (χ4v) is 0.539. The summed E-state index contributed by atoms with van der Waals surface area (Å²) in [5, 5.41) is 1.29. The van der Waals surface area contributed by atoms with Gasteiger partial charge in [0.1, 0.15) is 22.3 Å². The van der Waals surface area contributed by atoms with E-state index in [-0.39, 0.29) is 19.1 Å². The van der Waals surface area contributed by atoms with Crippen LogP contribution < -0.4 is 5.32 Å². The van der Waals surface area contributed by atoms with E-state index in [2.05, 4.69) is 5.32 Å². The predicted octanol–water partition coefficient (Wildman–Crippen LogP) is -1.88. The molecular formula is C4H5B2NO2. The Balaban J connectivity index is 2.44. The van der Waals surface area contributed by atoms with Crippen LogP contribution in [0.25, 0.3) is 0 Å². The lowest BCUT2D eigenvalue weighted by Gasteiger charge is -2.30. The molecule has 1 rings (SSSR count). The van der Waals surface area contributed by atoms with Gasteiger partial charge in [-0.2, -0.15) is 0 Å². The molecule has 1 aliphatic heterocycles. The topological polar surface area (TPSA) is 38.3 Å². The number of rotatable bonds is 0. The summed E-state index contributed by atoms with van der Waals surface area (Å²) in [5.74, 6) is -0.179. The third-order valence-electron chi connectivity index (χ3n) is 1.03. The lowest BCUT2D eigenvalue weighted by Crippen LogP contribution is -2.53. The average Bonchev–Trinajstić information content (AvgIpc) is 1.78. The van der Waals surface area contributed by atoms with Crippen LogP contribution in [0.5, 0.6) is 0 Å². The van der Waals surface area contributed by atoms with Crippen molar-refractivity contribution in [2.24, 2.45) is 0 Å². The summed E-state index contributed by atoms with van der Waals surface area (Å²) in [7, 11) is 10.6. The minimum atomic E-state index is -1.17. The molecule has 1 N–H and O–H groups in total. The van der Waals surface area contributed by atoms with Crippen LogP contribution in [0.4, 0.5) is 0 Å². The normalized spacial score (nSPS) is 25.1. The average molecular weight is 121 g/mol. The molecule has 1 amide bonds. The number of amides is 1. The monoisotopic (exact) mass is 121 g/mol. The Morgan fingerprint density at radius 1 is 1.67 bits per heavy atom. The highest BCUT2D eigenvalue weighted by molar-refractivity contribution is 6.39. The molecule has 0 saturated carbocycles. The van der Waals surface area contributed by atoms with Gasteiger partial charge in [-0.05, 0) is 0 Å². The van der Waals surface area contributed by atoms with Gasteiger partial charge in [0.2, 0.25) is 5.91 Å². The lowest BCUT2D eigenvalue weighted by molar-refractivity contribution is -0.131. The van der Waals surface area contributed by atoms with Gasteiger partial charge in [0.15, 0.2) is 0 Å². The summed E-state index contributed by atoms with van der Waals surface area (Å²) in [6.45, 7) is 0.124. The first-order valence-electron chi connectivity index (χ1n) is 2.58. The fraction of sp³-hybridized carbons (Fsp3) is 0.750. The molecule has 1 aliphatic rings. The van der Waals surface area contributed by atoms with Gasteiger partial charge in [-0.3, -0.25) is 4.79 Å². The van der Waals surface area contributed by atoms with Crippen molar-refractivity contribution < 1.29 is 9.53 Å². The van der Waals surface area contributed by atoms with Crippen LogP contribution in [0.1, 0.15) is 0 Å². The zero-order chi connectivity index (χ0) is 6.91. The lowest BCUT2D eigenvalue weighted by atomic mass is 9.64. The Morgan fingerprint density at radius 3 is 2.67 bits per heavy atom. The Bertz CT molecular complexity index is 125. The molecule has 0 aromatic rings. The SMILES string of the molecule is [B]C1([B])CNC(=O)CO1. The summed E-state index contributed by atoms with van der Waals surface area (Å²) in [5.41, 5.74) is 0. The molecule has 4 radical (unpaired) electrons. The molecule has 44 valence electrons. The van der Waals surface area contributed by atoms with Crippen LogP contribution in [0.15, 0.2) is 0 Å². The molecule has 0 aromatic heterocycles. The first-order valence-corrected chi connectivity index (χ1v) is 2.58. The number of hydrogen-bond donors (Lipinski definition) is 1. The van der Waals surface area contributed by atoms with Crippen molar-refractivity contribution in [1.82, 2.24) is 5.32 Å². The quantitative estimate of drug-likeness (QED) is 0.381. The molecule has 0 unspecified atom stereocenters. The van der Waals surface area contributed by atoms with Gasteiger partial charge in [-0.25, -0.2) is 0 Å². The smallest absolute Gasteiger partial charge is 0.245 e. The number of ether oxygens (including phenoxy) is 1. The Morgan fingerprint density at radius 2 is 2.33 bits per heavy atom.